The highest BCUT2D eigenvalue weighted by molar-refractivity contribution is 4.98. The van der Waals surface area contributed by atoms with Gasteiger partial charge in [0.05, 0.1) is 18.4 Å². The van der Waals surface area contributed by atoms with Crippen LogP contribution in [0.3, 0.4) is 0 Å². The first kappa shape index (κ1) is 13.6. The van der Waals surface area contributed by atoms with Crippen molar-refractivity contribution in [1.29, 1.82) is 0 Å². The molecule has 102 valence electrons. The highest BCUT2D eigenvalue weighted by atomic mass is 16.5. The molecule has 4 nitrogen and oxygen atoms in total. The molecule has 0 amide bonds. The van der Waals surface area contributed by atoms with Gasteiger partial charge in [0, 0.05) is 12.2 Å². The topological polar surface area (TPSA) is 39.1 Å². The molecule has 2 rings (SSSR count). The number of aromatic nitrogens is 2. The lowest BCUT2D eigenvalue weighted by molar-refractivity contribution is -0.0404. The molecule has 1 aliphatic rings. The Morgan fingerprint density at radius 3 is 3.00 bits per heavy atom. The molecular formula is C14H25N3O. The van der Waals surface area contributed by atoms with Crippen LogP contribution < -0.4 is 5.32 Å². The minimum absolute atomic E-state index is 0.442. The first-order chi connectivity index (χ1) is 8.72. The summed E-state index contributed by atoms with van der Waals surface area (Å²) < 4.78 is 7.89. The lowest BCUT2D eigenvalue weighted by atomic mass is 9.82. The normalized spacial score (nSPS) is 24.8. The van der Waals surface area contributed by atoms with Gasteiger partial charge >= 0.3 is 0 Å². The van der Waals surface area contributed by atoms with Crippen LogP contribution in [0.15, 0.2) is 12.3 Å². The average molecular weight is 251 g/mol. The third-order valence-corrected chi connectivity index (χ3v) is 3.86. The van der Waals surface area contributed by atoms with Crippen LogP contribution in [0.5, 0.6) is 0 Å². The first-order valence-corrected chi connectivity index (χ1v) is 7.03. The van der Waals surface area contributed by atoms with Crippen molar-refractivity contribution < 1.29 is 4.74 Å². The molecule has 0 bridgehead atoms. The van der Waals surface area contributed by atoms with Crippen LogP contribution >= 0.6 is 0 Å². The van der Waals surface area contributed by atoms with E-state index in [9.17, 15) is 0 Å². The fourth-order valence-corrected chi connectivity index (χ4v) is 2.36. The van der Waals surface area contributed by atoms with Crippen molar-refractivity contribution in [3.05, 3.63) is 18.0 Å². The monoisotopic (exact) mass is 251 g/mol. The molecule has 1 aliphatic carbocycles. The summed E-state index contributed by atoms with van der Waals surface area (Å²) in [6, 6.07) is 2.54. The maximum absolute atomic E-state index is 5.86. The van der Waals surface area contributed by atoms with Crippen molar-refractivity contribution >= 4 is 0 Å². The van der Waals surface area contributed by atoms with Crippen molar-refractivity contribution in [2.45, 2.75) is 51.9 Å². The minimum Gasteiger partial charge on any atom is -0.372 e. The van der Waals surface area contributed by atoms with E-state index < -0.39 is 0 Å². The zero-order valence-electron chi connectivity index (χ0n) is 11.7. The second-order valence-electron chi connectivity index (χ2n) is 5.37. The van der Waals surface area contributed by atoms with E-state index in [0.29, 0.717) is 18.8 Å². The Balaban J connectivity index is 1.70. The van der Waals surface area contributed by atoms with Gasteiger partial charge in [0.1, 0.15) is 0 Å². The summed E-state index contributed by atoms with van der Waals surface area (Å²) in [6.07, 6.45) is 5.98. The van der Waals surface area contributed by atoms with Crippen molar-refractivity contribution in [1.82, 2.24) is 15.1 Å². The van der Waals surface area contributed by atoms with Crippen LogP contribution in [0, 0.1) is 5.92 Å². The number of hydrogen-bond acceptors (Lipinski definition) is 3. The lowest BCUT2D eigenvalue weighted by Crippen LogP contribution is -2.36. The van der Waals surface area contributed by atoms with Crippen LogP contribution in [-0.2, 0) is 11.3 Å². The molecule has 1 N–H and O–H groups in total. The van der Waals surface area contributed by atoms with Crippen molar-refractivity contribution in [2.24, 2.45) is 5.92 Å². The maximum Gasteiger partial charge on any atom is 0.0910 e. The van der Waals surface area contributed by atoms with Gasteiger partial charge in [-0.2, -0.15) is 5.10 Å². The van der Waals surface area contributed by atoms with E-state index in [4.69, 9.17) is 4.74 Å². The summed E-state index contributed by atoms with van der Waals surface area (Å²) >= 11 is 0. The molecule has 1 fully saturated rings. The summed E-state index contributed by atoms with van der Waals surface area (Å²) in [5, 5.41) is 7.76. The van der Waals surface area contributed by atoms with Crippen molar-refractivity contribution in [3.8, 4) is 0 Å². The van der Waals surface area contributed by atoms with Gasteiger partial charge in [0.2, 0.25) is 0 Å². The van der Waals surface area contributed by atoms with Gasteiger partial charge in [-0.3, -0.25) is 4.68 Å². The Morgan fingerprint density at radius 1 is 1.56 bits per heavy atom. The van der Waals surface area contributed by atoms with E-state index >= 15 is 0 Å². The molecule has 0 saturated heterocycles. The molecular weight excluding hydrogens is 226 g/mol. The fraction of sp³-hybridized carbons (Fsp3) is 0.786. The van der Waals surface area contributed by atoms with E-state index in [2.05, 4.69) is 36.5 Å². The molecule has 0 aromatic carbocycles. The largest absolute Gasteiger partial charge is 0.372 e. The minimum atomic E-state index is 0.442. The van der Waals surface area contributed by atoms with Crippen molar-refractivity contribution in [3.63, 3.8) is 0 Å². The molecule has 4 heteroatoms. The summed E-state index contributed by atoms with van der Waals surface area (Å²) in [4.78, 5) is 0. The van der Waals surface area contributed by atoms with Crippen LogP contribution in [-0.4, -0.2) is 29.5 Å². The van der Waals surface area contributed by atoms with Gasteiger partial charge < -0.3 is 10.1 Å². The van der Waals surface area contributed by atoms with Gasteiger partial charge in [-0.1, -0.05) is 6.92 Å². The predicted molar refractivity (Wildman–Crippen MR) is 72.5 cm³/mol. The number of nitrogens with zero attached hydrogens (tertiary/aromatic N) is 2. The molecule has 18 heavy (non-hydrogen) atoms. The van der Waals surface area contributed by atoms with Crippen LogP contribution in [0.2, 0.25) is 0 Å². The number of rotatable bonds is 7. The predicted octanol–water partition coefficient (Wildman–Crippen LogP) is 2.37. The highest BCUT2D eigenvalue weighted by Gasteiger charge is 2.29. The zero-order valence-corrected chi connectivity index (χ0v) is 11.7. The maximum atomic E-state index is 5.86. The molecule has 0 aliphatic heterocycles. The Kier molecular flexibility index (Phi) is 4.78. The van der Waals surface area contributed by atoms with E-state index in [-0.39, 0.29) is 0 Å². The molecule has 1 saturated carbocycles. The Labute approximate surface area is 110 Å². The Hall–Kier alpha value is -0.870. The third-order valence-electron chi connectivity index (χ3n) is 3.86. The standard InChI is InChI=1S/C14H25N3O/c1-4-11(2)17-6-5-13(16-17)10-18-14-7-12(8-14)9-15-3/h5-6,11-12,14-15H,4,7-10H2,1-3H3. The van der Waals surface area contributed by atoms with Gasteiger partial charge in [-0.15, -0.1) is 0 Å². The van der Waals surface area contributed by atoms with E-state index in [1.807, 2.05) is 11.7 Å². The molecule has 1 atom stereocenters. The van der Waals surface area contributed by atoms with Crippen LogP contribution in [0.25, 0.3) is 0 Å². The van der Waals surface area contributed by atoms with Gasteiger partial charge in [-0.25, -0.2) is 0 Å². The quantitative estimate of drug-likeness (QED) is 0.808. The molecule has 1 aromatic rings. The van der Waals surface area contributed by atoms with E-state index in [1.54, 1.807) is 0 Å². The second kappa shape index (κ2) is 6.34. The van der Waals surface area contributed by atoms with Crippen LogP contribution in [0.4, 0.5) is 0 Å². The average Bonchev–Trinajstić information content (AvgIpc) is 2.79. The zero-order chi connectivity index (χ0) is 13.0. The van der Waals surface area contributed by atoms with Crippen LogP contribution in [0.1, 0.15) is 44.8 Å². The smallest absolute Gasteiger partial charge is 0.0910 e. The lowest BCUT2D eigenvalue weighted by Gasteiger charge is -2.34. The number of nitrogens with one attached hydrogen (secondary N) is 1. The summed E-state index contributed by atoms with van der Waals surface area (Å²) in [5.41, 5.74) is 1.05. The van der Waals surface area contributed by atoms with Crippen molar-refractivity contribution in [2.75, 3.05) is 13.6 Å². The summed E-state index contributed by atoms with van der Waals surface area (Å²) in [5.74, 6) is 0.803. The second-order valence-corrected chi connectivity index (χ2v) is 5.37. The fourth-order valence-electron chi connectivity index (χ4n) is 2.36. The number of ether oxygens (including phenoxy) is 1. The molecule has 1 aromatic heterocycles. The Bertz CT molecular complexity index is 358. The van der Waals surface area contributed by atoms with E-state index in [0.717, 1.165) is 24.6 Å². The SMILES string of the molecule is CCC(C)n1ccc(COC2CC(CNC)C2)n1. The summed E-state index contributed by atoms with van der Waals surface area (Å²) in [7, 11) is 2.01. The molecule has 0 radical (unpaired) electrons. The first-order valence-electron chi connectivity index (χ1n) is 7.03. The molecule has 1 heterocycles. The van der Waals surface area contributed by atoms with Gasteiger partial charge in [-0.05, 0) is 51.8 Å². The Morgan fingerprint density at radius 2 is 2.33 bits per heavy atom. The highest BCUT2D eigenvalue weighted by Crippen LogP contribution is 2.29. The molecule has 0 spiro atoms. The number of hydrogen-bond donors (Lipinski definition) is 1. The summed E-state index contributed by atoms with van der Waals surface area (Å²) in [6.45, 7) is 6.13. The molecule has 1 unspecified atom stereocenters. The van der Waals surface area contributed by atoms with E-state index in [1.165, 1.54) is 12.8 Å². The van der Waals surface area contributed by atoms with Gasteiger partial charge in [0.25, 0.3) is 0 Å². The third kappa shape index (κ3) is 3.33. The van der Waals surface area contributed by atoms with Gasteiger partial charge in [0.15, 0.2) is 0 Å².